The van der Waals surface area contributed by atoms with Crippen molar-refractivity contribution in [2.75, 3.05) is 27.2 Å². The highest BCUT2D eigenvalue weighted by atomic mass is 16.5. The number of hydrogen-bond donors (Lipinski definition) is 1. The van der Waals surface area contributed by atoms with E-state index in [1.807, 2.05) is 11.9 Å². The fourth-order valence-corrected chi connectivity index (χ4v) is 1.36. The molecule has 0 spiro atoms. The number of ether oxygens (including phenoxy) is 1. The number of guanidine groups is 1. The van der Waals surface area contributed by atoms with E-state index in [1.165, 1.54) is 6.42 Å². The normalized spacial score (nSPS) is 24.5. The Morgan fingerprint density at radius 3 is 3.00 bits per heavy atom. The van der Waals surface area contributed by atoms with Gasteiger partial charge < -0.3 is 15.4 Å². The van der Waals surface area contributed by atoms with Gasteiger partial charge in [-0.05, 0) is 12.8 Å². The van der Waals surface area contributed by atoms with Gasteiger partial charge in [0, 0.05) is 27.2 Å². The van der Waals surface area contributed by atoms with E-state index in [0.717, 1.165) is 19.6 Å². The zero-order chi connectivity index (χ0) is 8.97. The summed E-state index contributed by atoms with van der Waals surface area (Å²) in [5.74, 6) is 0.575. The summed E-state index contributed by atoms with van der Waals surface area (Å²) in [6.45, 7) is 1.74. The van der Waals surface area contributed by atoms with E-state index in [-0.39, 0.29) is 0 Å². The Morgan fingerprint density at radius 1 is 1.75 bits per heavy atom. The van der Waals surface area contributed by atoms with Crippen LogP contribution in [0, 0.1) is 0 Å². The lowest BCUT2D eigenvalue weighted by atomic mass is 10.2. The van der Waals surface area contributed by atoms with Crippen molar-refractivity contribution in [2.45, 2.75) is 18.9 Å². The fourth-order valence-electron chi connectivity index (χ4n) is 1.36. The van der Waals surface area contributed by atoms with Gasteiger partial charge in [0.15, 0.2) is 5.96 Å². The number of likely N-dealkylation sites (N-methyl/N-ethyl adjacent to an activating group) is 1. The molecule has 70 valence electrons. The summed E-state index contributed by atoms with van der Waals surface area (Å²) >= 11 is 0. The standard InChI is InChI=1S/C8H17N3O/c1-10-8(9)11(2)6-7-4-3-5-12-7/h7H,3-6H2,1-2H3,(H2,9,10). The smallest absolute Gasteiger partial charge is 0.190 e. The van der Waals surface area contributed by atoms with Crippen molar-refractivity contribution < 1.29 is 4.74 Å². The van der Waals surface area contributed by atoms with Crippen molar-refractivity contribution in [3.8, 4) is 0 Å². The van der Waals surface area contributed by atoms with E-state index in [4.69, 9.17) is 10.5 Å². The third kappa shape index (κ3) is 2.37. The highest BCUT2D eigenvalue weighted by Crippen LogP contribution is 2.12. The van der Waals surface area contributed by atoms with Gasteiger partial charge in [0.25, 0.3) is 0 Å². The van der Waals surface area contributed by atoms with Gasteiger partial charge in [-0.15, -0.1) is 0 Å². The van der Waals surface area contributed by atoms with E-state index in [2.05, 4.69) is 4.99 Å². The number of nitrogens with zero attached hydrogens (tertiary/aromatic N) is 2. The molecular weight excluding hydrogens is 154 g/mol. The molecule has 0 aliphatic carbocycles. The van der Waals surface area contributed by atoms with Gasteiger partial charge in [-0.25, -0.2) is 0 Å². The molecule has 1 aliphatic rings. The first-order valence-corrected chi connectivity index (χ1v) is 4.29. The Kier molecular flexibility index (Phi) is 3.34. The largest absolute Gasteiger partial charge is 0.376 e. The second kappa shape index (κ2) is 4.30. The van der Waals surface area contributed by atoms with Gasteiger partial charge in [-0.1, -0.05) is 0 Å². The molecule has 1 saturated heterocycles. The first-order valence-electron chi connectivity index (χ1n) is 4.29. The molecule has 0 aromatic carbocycles. The van der Waals surface area contributed by atoms with E-state index < -0.39 is 0 Å². The van der Waals surface area contributed by atoms with Gasteiger partial charge in [-0.2, -0.15) is 0 Å². The van der Waals surface area contributed by atoms with Crippen molar-refractivity contribution in [2.24, 2.45) is 10.7 Å². The summed E-state index contributed by atoms with van der Waals surface area (Å²) in [5.41, 5.74) is 5.61. The molecule has 1 aliphatic heterocycles. The average Bonchev–Trinajstić information content (AvgIpc) is 2.55. The minimum Gasteiger partial charge on any atom is -0.376 e. The van der Waals surface area contributed by atoms with Crippen LogP contribution in [0.15, 0.2) is 4.99 Å². The zero-order valence-electron chi connectivity index (χ0n) is 7.79. The second-order valence-electron chi connectivity index (χ2n) is 3.10. The van der Waals surface area contributed by atoms with Gasteiger partial charge in [0.05, 0.1) is 6.10 Å². The van der Waals surface area contributed by atoms with Crippen LogP contribution >= 0.6 is 0 Å². The summed E-state index contributed by atoms with van der Waals surface area (Å²) in [6.07, 6.45) is 2.65. The van der Waals surface area contributed by atoms with Crippen molar-refractivity contribution in [1.29, 1.82) is 0 Å². The molecule has 1 fully saturated rings. The minimum atomic E-state index is 0.343. The topological polar surface area (TPSA) is 50.8 Å². The summed E-state index contributed by atoms with van der Waals surface area (Å²) in [6, 6.07) is 0. The van der Waals surface area contributed by atoms with Crippen LogP contribution in [0.3, 0.4) is 0 Å². The molecule has 4 nitrogen and oxygen atoms in total. The lowest BCUT2D eigenvalue weighted by molar-refractivity contribution is 0.0956. The molecule has 2 N–H and O–H groups in total. The highest BCUT2D eigenvalue weighted by Gasteiger charge is 2.17. The molecule has 1 atom stereocenters. The summed E-state index contributed by atoms with van der Waals surface area (Å²) < 4.78 is 5.47. The zero-order valence-corrected chi connectivity index (χ0v) is 7.79. The molecule has 12 heavy (non-hydrogen) atoms. The van der Waals surface area contributed by atoms with Crippen molar-refractivity contribution >= 4 is 5.96 Å². The van der Waals surface area contributed by atoms with E-state index in [1.54, 1.807) is 7.05 Å². The molecule has 1 heterocycles. The molecular formula is C8H17N3O. The molecule has 1 unspecified atom stereocenters. The Morgan fingerprint density at radius 2 is 2.50 bits per heavy atom. The van der Waals surface area contributed by atoms with Crippen LogP contribution in [0.4, 0.5) is 0 Å². The third-order valence-electron chi connectivity index (χ3n) is 2.12. The van der Waals surface area contributed by atoms with Gasteiger partial charge in [-0.3, -0.25) is 4.99 Å². The van der Waals surface area contributed by atoms with Crippen LogP contribution in [0.2, 0.25) is 0 Å². The summed E-state index contributed by atoms with van der Waals surface area (Å²) in [7, 11) is 3.63. The lowest BCUT2D eigenvalue weighted by Crippen LogP contribution is -2.38. The monoisotopic (exact) mass is 171 g/mol. The van der Waals surface area contributed by atoms with Crippen molar-refractivity contribution in [3.63, 3.8) is 0 Å². The number of hydrogen-bond acceptors (Lipinski definition) is 2. The van der Waals surface area contributed by atoms with Crippen LogP contribution in [-0.2, 0) is 4.74 Å². The van der Waals surface area contributed by atoms with Gasteiger partial charge in [0.2, 0.25) is 0 Å². The van der Waals surface area contributed by atoms with Crippen molar-refractivity contribution in [1.82, 2.24) is 4.90 Å². The molecule has 0 radical (unpaired) electrons. The Balaban J connectivity index is 2.29. The Bertz CT molecular complexity index is 164. The summed E-state index contributed by atoms with van der Waals surface area (Å²) in [4.78, 5) is 5.82. The van der Waals surface area contributed by atoms with E-state index in [0.29, 0.717) is 12.1 Å². The van der Waals surface area contributed by atoms with Crippen molar-refractivity contribution in [3.05, 3.63) is 0 Å². The van der Waals surface area contributed by atoms with Crippen LogP contribution in [0.1, 0.15) is 12.8 Å². The maximum absolute atomic E-state index is 5.61. The fraction of sp³-hybridized carbons (Fsp3) is 0.875. The molecule has 0 bridgehead atoms. The second-order valence-corrected chi connectivity index (χ2v) is 3.10. The lowest BCUT2D eigenvalue weighted by Gasteiger charge is -2.20. The van der Waals surface area contributed by atoms with Gasteiger partial charge in [0.1, 0.15) is 0 Å². The average molecular weight is 171 g/mol. The quantitative estimate of drug-likeness (QED) is 0.471. The SMILES string of the molecule is CN=C(N)N(C)CC1CCCO1. The van der Waals surface area contributed by atoms with E-state index in [9.17, 15) is 0 Å². The number of rotatable bonds is 2. The van der Waals surface area contributed by atoms with Crippen LogP contribution < -0.4 is 5.73 Å². The predicted octanol–water partition coefficient (Wildman–Crippen LogP) is 0.0417. The van der Waals surface area contributed by atoms with Gasteiger partial charge >= 0.3 is 0 Å². The van der Waals surface area contributed by atoms with Crippen LogP contribution in [0.5, 0.6) is 0 Å². The Hall–Kier alpha value is -0.770. The van der Waals surface area contributed by atoms with E-state index >= 15 is 0 Å². The number of nitrogens with two attached hydrogens (primary N) is 1. The number of aliphatic imine (C=N–C) groups is 1. The molecule has 0 amide bonds. The van der Waals surface area contributed by atoms with Crippen LogP contribution in [-0.4, -0.2) is 44.2 Å². The molecule has 0 aromatic heterocycles. The highest BCUT2D eigenvalue weighted by molar-refractivity contribution is 5.77. The Labute approximate surface area is 73.4 Å². The maximum atomic E-state index is 5.61. The molecule has 4 heteroatoms. The van der Waals surface area contributed by atoms with Crippen LogP contribution in [0.25, 0.3) is 0 Å². The molecule has 0 aromatic rings. The predicted molar refractivity (Wildman–Crippen MR) is 49.2 cm³/mol. The summed E-state index contributed by atoms with van der Waals surface area (Å²) in [5, 5.41) is 0. The maximum Gasteiger partial charge on any atom is 0.190 e. The molecule has 0 saturated carbocycles. The third-order valence-corrected chi connectivity index (χ3v) is 2.12. The first-order chi connectivity index (χ1) is 5.74. The minimum absolute atomic E-state index is 0.343. The molecule has 1 rings (SSSR count). The first kappa shape index (κ1) is 9.32.